The highest BCUT2D eigenvalue weighted by Gasteiger charge is 2.25. The third-order valence-electron chi connectivity index (χ3n) is 15.0. The van der Waals surface area contributed by atoms with Crippen molar-refractivity contribution in [1.82, 2.24) is 0 Å². The van der Waals surface area contributed by atoms with Crippen molar-refractivity contribution < 1.29 is 59.4 Å². The van der Waals surface area contributed by atoms with Crippen LogP contribution < -0.4 is 30.6 Å². The molecule has 6 rings (SSSR count). The van der Waals surface area contributed by atoms with Gasteiger partial charge in [0.15, 0.2) is 0 Å². The minimum atomic E-state index is -1.01. The van der Waals surface area contributed by atoms with Gasteiger partial charge in [-0.3, -0.25) is 0 Å². The molecule has 6 aromatic rings. The van der Waals surface area contributed by atoms with Gasteiger partial charge >= 0.3 is 0 Å². The molecule has 0 unspecified atom stereocenters. The number of carbonyl (C=O) groups is 6. The van der Waals surface area contributed by atoms with Gasteiger partial charge in [0.1, 0.15) is 0 Å². The van der Waals surface area contributed by atoms with Crippen molar-refractivity contribution in [3.05, 3.63) is 212 Å². The average Bonchev–Trinajstić information content (AvgIpc) is 1.77. The molecule has 12 heteroatoms. The van der Waals surface area contributed by atoms with E-state index in [0.717, 1.165) is 62.9 Å². The summed E-state index contributed by atoms with van der Waals surface area (Å²) >= 11 is 0. The van der Waals surface area contributed by atoms with E-state index in [9.17, 15) is 59.4 Å². The molecular weight excluding hydrogens is 1080 g/mol. The van der Waals surface area contributed by atoms with Gasteiger partial charge in [-0.2, -0.15) is 0 Å². The van der Waals surface area contributed by atoms with Crippen molar-refractivity contribution in [2.45, 2.75) is 208 Å². The maximum Gasteiger partial charge on any atom is 0.0422 e. The van der Waals surface area contributed by atoms with Crippen LogP contribution >= 0.6 is 0 Å². The van der Waals surface area contributed by atoms with Crippen molar-refractivity contribution >= 4 is 35.8 Å². The van der Waals surface area contributed by atoms with Crippen LogP contribution in [0.4, 0.5) is 0 Å². The molecule has 12 nitrogen and oxygen atoms in total. The topological polar surface area (TPSA) is 241 Å². The van der Waals surface area contributed by atoms with E-state index in [0.29, 0.717) is 0 Å². The first-order valence-electron chi connectivity index (χ1n) is 29.2. The molecule has 0 atom stereocenters. The minimum absolute atomic E-state index is 0.0515. The fourth-order valence-corrected chi connectivity index (χ4v) is 9.51. The molecule has 0 aliphatic carbocycles. The van der Waals surface area contributed by atoms with E-state index >= 15 is 0 Å². The zero-order chi connectivity index (χ0) is 66.0. The molecule has 468 valence electrons. The standard InChI is InChI=1S/3C13H18O2.2C12H16O2.C11H14O2/c1-9-5-10(2)7-11(6-9)13(3,4)8-12(14)15;1-4-10-5-7-11(8-6-10)13(2,3)9-12(14)15;1-4-10-6-5-7-11(8-10)13(2,3)9-12(14)15;1-9-4-6-10(7-5-9)12(2,3)8-11(13)14;1-9-5-4-6-10(7-9)12(2,3)8-11(13)14;1-11(2,8-10(12)13)9-6-4-3-5-7-9/h5-7H,8H2,1-4H3,(H,14,15);2*5-8H,4,9H2,1-3H3,(H,14,15);2*4-7H,8H2,1-3H3,(H,13,14);3-7H,8H2,1-2H3,(H,12,13)/p-6. The van der Waals surface area contributed by atoms with Crippen molar-refractivity contribution in [1.29, 1.82) is 0 Å². The van der Waals surface area contributed by atoms with Crippen LogP contribution in [-0.4, -0.2) is 35.8 Å². The number of carboxylic acids is 6. The first-order chi connectivity index (χ1) is 39.6. The van der Waals surface area contributed by atoms with Gasteiger partial charge in [0.2, 0.25) is 0 Å². The highest BCUT2D eigenvalue weighted by molar-refractivity contribution is 5.69. The molecule has 0 aromatic heterocycles. The van der Waals surface area contributed by atoms with Crippen LogP contribution in [0.2, 0.25) is 0 Å². The van der Waals surface area contributed by atoms with Gasteiger partial charge in [0.25, 0.3) is 0 Å². The van der Waals surface area contributed by atoms with Crippen LogP contribution in [0.3, 0.4) is 0 Å². The molecule has 0 spiro atoms. The second-order valence-corrected chi connectivity index (χ2v) is 26.2. The van der Waals surface area contributed by atoms with Gasteiger partial charge < -0.3 is 59.4 Å². The van der Waals surface area contributed by atoms with Crippen LogP contribution in [-0.2, 0) is 74.1 Å². The Labute approximate surface area is 513 Å². The Bertz CT molecular complexity index is 3090. The maximum absolute atomic E-state index is 10.6. The lowest BCUT2D eigenvalue weighted by molar-refractivity contribution is -0.308. The number of carboxylic acid groups (broad SMARTS) is 6. The molecule has 0 saturated heterocycles. The molecular formula is C74H94O12-6. The molecule has 0 radical (unpaired) electrons. The number of aliphatic carboxylic acids is 6. The number of rotatable bonds is 20. The van der Waals surface area contributed by atoms with Crippen LogP contribution in [0.1, 0.15) is 202 Å². The molecule has 0 N–H and O–H groups in total. The van der Waals surface area contributed by atoms with Gasteiger partial charge in [-0.05, 0) is 156 Å². The lowest BCUT2D eigenvalue weighted by Crippen LogP contribution is -2.31. The summed E-state index contributed by atoms with van der Waals surface area (Å²) < 4.78 is 0. The normalized spacial score (nSPS) is 11.4. The summed E-state index contributed by atoms with van der Waals surface area (Å²) in [6.07, 6.45) is 2.29. The second kappa shape index (κ2) is 34.3. The fourth-order valence-electron chi connectivity index (χ4n) is 9.51. The summed E-state index contributed by atoms with van der Waals surface area (Å²) in [7, 11) is 0. The van der Waals surface area contributed by atoms with E-state index in [4.69, 9.17) is 0 Å². The zero-order valence-electron chi connectivity index (χ0n) is 54.4. The molecule has 0 fully saturated rings. The molecule has 6 aromatic carbocycles. The molecule has 0 saturated carbocycles. The Balaban J connectivity index is 0.000000516. The summed E-state index contributed by atoms with van der Waals surface area (Å²) in [4.78, 5) is 63.5. The largest absolute Gasteiger partial charge is 0.550 e. The molecule has 86 heavy (non-hydrogen) atoms. The predicted molar refractivity (Wildman–Crippen MR) is 332 cm³/mol. The van der Waals surface area contributed by atoms with Crippen molar-refractivity contribution in [2.24, 2.45) is 0 Å². The fraction of sp³-hybridized carbons (Fsp3) is 0.432. The Kier molecular flexibility index (Phi) is 30.4. The number of hydrogen-bond acceptors (Lipinski definition) is 12. The van der Waals surface area contributed by atoms with Gasteiger partial charge in [-0.15, -0.1) is 0 Å². The molecule has 0 aliphatic heterocycles. The van der Waals surface area contributed by atoms with Gasteiger partial charge in [0, 0.05) is 35.8 Å². The van der Waals surface area contributed by atoms with Gasteiger partial charge in [-0.1, -0.05) is 265 Å². The summed E-state index contributed by atoms with van der Waals surface area (Å²) in [6, 6.07) is 47.8. The van der Waals surface area contributed by atoms with E-state index in [-0.39, 0.29) is 71.0 Å². The van der Waals surface area contributed by atoms with E-state index in [1.807, 2.05) is 238 Å². The molecule has 0 heterocycles. The summed E-state index contributed by atoms with van der Waals surface area (Å²) in [5.41, 5.74) is 11.3. The van der Waals surface area contributed by atoms with Crippen LogP contribution in [0.25, 0.3) is 0 Å². The second-order valence-electron chi connectivity index (χ2n) is 26.2. The smallest absolute Gasteiger partial charge is 0.0422 e. The van der Waals surface area contributed by atoms with E-state index in [1.54, 1.807) is 0 Å². The number of hydrogen-bond donors (Lipinski definition) is 0. The maximum atomic E-state index is 10.6. The quantitative estimate of drug-likeness (QED) is 0.0696. The number of benzene rings is 6. The van der Waals surface area contributed by atoms with Crippen LogP contribution in [0, 0.1) is 27.7 Å². The lowest BCUT2D eigenvalue weighted by atomic mass is 9.80. The third-order valence-corrected chi connectivity index (χ3v) is 15.0. The minimum Gasteiger partial charge on any atom is -0.550 e. The zero-order valence-corrected chi connectivity index (χ0v) is 54.4. The Hall–Kier alpha value is -7.86. The third kappa shape index (κ3) is 28.8. The Morgan fingerprint density at radius 3 is 0.884 bits per heavy atom. The monoisotopic (exact) mass is 1170 g/mol. The SMILES string of the molecule is CC(C)(CC(=O)[O-])c1ccccc1.CCc1ccc(C(C)(C)CC(=O)[O-])cc1.CCc1cccc(C(C)(C)CC(=O)[O-])c1.Cc1cc(C)cc(C(C)(C)CC(=O)[O-])c1.Cc1ccc(C(C)(C)CC(=O)[O-])cc1.Cc1cccc(C(C)(C)CC(=O)[O-])c1. The lowest BCUT2D eigenvalue weighted by Gasteiger charge is -2.26. The summed E-state index contributed by atoms with van der Waals surface area (Å²) in [5.74, 6) is -6.01. The van der Waals surface area contributed by atoms with Crippen molar-refractivity contribution in [3.8, 4) is 0 Å². The van der Waals surface area contributed by atoms with Crippen molar-refractivity contribution in [3.63, 3.8) is 0 Å². The molecule has 0 bridgehead atoms. The first kappa shape index (κ1) is 76.2. The molecule has 0 amide bonds. The van der Waals surface area contributed by atoms with Gasteiger partial charge in [-0.25, -0.2) is 0 Å². The van der Waals surface area contributed by atoms with E-state index in [1.165, 1.54) is 16.7 Å². The van der Waals surface area contributed by atoms with E-state index in [2.05, 4.69) is 32.0 Å². The van der Waals surface area contributed by atoms with Gasteiger partial charge in [0.05, 0.1) is 0 Å². The van der Waals surface area contributed by atoms with Crippen LogP contribution in [0.5, 0.6) is 0 Å². The summed E-state index contributed by atoms with van der Waals surface area (Å²) in [5, 5.41) is 63.5. The highest BCUT2D eigenvalue weighted by Crippen LogP contribution is 2.32. The van der Waals surface area contributed by atoms with Crippen molar-refractivity contribution in [2.75, 3.05) is 0 Å². The predicted octanol–water partition coefficient (Wildman–Crippen LogP) is 8.98. The van der Waals surface area contributed by atoms with Crippen LogP contribution in [0.15, 0.2) is 146 Å². The molecule has 0 aliphatic rings. The Morgan fingerprint density at radius 2 is 0.547 bits per heavy atom. The first-order valence-corrected chi connectivity index (χ1v) is 29.2. The Morgan fingerprint density at radius 1 is 0.267 bits per heavy atom. The number of aryl methyl sites for hydroxylation is 6. The average molecular weight is 1180 g/mol. The van der Waals surface area contributed by atoms with E-state index < -0.39 is 35.8 Å². The summed E-state index contributed by atoms with van der Waals surface area (Å²) in [6.45, 7) is 35.2. The number of carbonyl (C=O) groups excluding carboxylic acids is 6. The highest BCUT2D eigenvalue weighted by atomic mass is 16.4.